The van der Waals surface area contributed by atoms with E-state index in [4.69, 9.17) is 23.7 Å². The Balaban J connectivity index is 2.35. The van der Waals surface area contributed by atoms with E-state index in [-0.39, 0.29) is 24.0 Å². The Morgan fingerprint density at radius 1 is 0.576 bits per heavy atom. The van der Waals surface area contributed by atoms with Gasteiger partial charge in [0.1, 0.15) is 12.2 Å². The van der Waals surface area contributed by atoms with E-state index in [2.05, 4.69) is 37.5 Å². The minimum Gasteiger partial charge on any atom is -0.493 e. The molecule has 2 aromatic carbocycles. The molecule has 0 fully saturated rings. The molecule has 176 valence electrons. The van der Waals surface area contributed by atoms with Gasteiger partial charge in [-0.3, -0.25) is 0 Å². The molecule has 5 heteroatoms. The molecule has 2 rings (SSSR count). The first-order valence-corrected chi connectivity index (χ1v) is 10.9. The highest BCUT2D eigenvalue weighted by molar-refractivity contribution is 5.45. The molecule has 0 aromatic heterocycles. The van der Waals surface area contributed by atoms with Crippen molar-refractivity contribution in [2.45, 2.75) is 51.7 Å². The quantitative estimate of drug-likeness (QED) is 0.452. The molecule has 0 radical (unpaired) electrons. The molecule has 0 saturated carbocycles. The molecule has 0 aliphatic heterocycles. The molecule has 0 aliphatic rings. The summed E-state index contributed by atoms with van der Waals surface area (Å²) in [5.41, 5.74) is 2.09. The number of hydrogen-bond donors (Lipinski definition) is 0. The zero-order valence-corrected chi connectivity index (χ0v) is 20.8. The van der Waals surface area contributed by atoms with Crippen molar-refractivity contribution in [2.75, 3.05) is 28.4 Å². The van der Waals surface area contributed by atoms with Gasteiger partial charge in [0.25, 0.3) is 0 Å². The normalized spacial score (nSPS) is 13.8. The lowest BCUT2D eigenvalue weighted by atomic mass is 9.92. The van der Waals surface area contributed by atoms with Crippen molar-refractivity contribution in [3.63, 3.8) is 0 Å². The molecule has 33 heavy (non-hydrogen) atoms. The van der Waals surface area contributed by atoms with Gasteiger partial charge in [-0.15, -0.1) is 11.8 Å². The first kappa shape index (κ1) is 26.0. The van der Waals surface area contributed by atoms with Gasteiger partial charge < -0.3 is 23.7 Å². The van der Waals surface area contributed by atoms with Gasteiger partial charge in [0.05, 0.1) is 28.4 Å². The standard InChI is InChI=1S/C28H34O5/c1-9-11-23(19(3)21-13-15-25(29-5)27(17-21)31-7)33-24(12-10-2)20(4)22-14-16-26(30-6)28(18-22)32-8/h13-20,23-24H,1-8H3. The molecule has 5 nitrogen and oxygen atoms in total. The Kier molecular flexibility index (Phi) is 9.98. The third-order valence-corrected chi connectivity index (χ3v) is 5.64. The van der Waals surface area contributed by atoms with Crippen LogP contribution in [0.15, 0.2) is 36.4 Å². The van der Waals surface area contributed by atoms with Gasteiger partial charge in [-0.1, -0.05) is 37.8 Å². The van der Waals surface area contributed by atoms with E-state index in [1.807, 2.05) is 50.2 Å². The second-order valence-electron chi connectivity index (χ2n) is 7.57. The fraction of sp³-hybridized carbons (Fsp3) is 0.429. The van der Waals surface area contributed by atoms with Crippen LogP contribution in [0.25, 0.3) is 0 Å². The van der Waals surface area contributed by atoms with Gasteiger partial charge in [-0.05, 0) is 49.2 Å². The predicted octanol–water partition coefficient (Wildman–Crippen LogP) is 5.43. The number of benzene rings is 2. The van der Waals surface area contributed by atoms with Crippen LogP contribution in [-0.4, -0.2) is 40.6 Å². The molecular formula is C28H34O5. The van der Waals surface area contributed by atoms with Crippen molar-refractivity contribution in [1.29, 1.82) is 0 Å². The van der Waals surface area contributed by atoms with Gasteiger partial charge in [-0.25, -0.2) is 0 Å². The second-order valence-corrected chi connectivity index (χ2v) is 7.57. The Labute approximate surface area is 198 Å². The molecule has 0 aliphatic carbocycles. The van der Waals surface area contributed by atoms with E-state index >= 15 is 0 Å². The summed E-state index contributed by atoms with van der Waals surface area (Å²) < 4.78 is 28.2. The fourth-order valence-corrected chi connectivity index (χ4v) is 3.62. The lowest BCUT2D eigenvalue weighted by molar-refractivity contribution is 0.0277. The number of rotatable bonds is 10. The van der Waals surface area contributed by atoms with E-state index in [1.54, 1.807) is 28.4 Å². The summed E-state index contributed by atoms with van der Waals surface area (Å²) in [4.78, 5) is 0. The Bertz CT molecular complexity index is 954. The van der Waals surface area contributed by atoms with Crippen LogP contribution < -0.4 is 18.9 Å². The number of hydrogen-bond acceptors (Lipinski definition) is 5. The zero-order valence-electron chi connectivity index (χ0n) is 20.8. The third kappa shape index (κ3) is 6.37. The minimum absolute atomic E-state index is 0.0176. The molecule has 4 atom stereocenters. The minimum atomic E-state index is -0.360. The molecule has 0 N–H and O–H groups in total. The van der Waals surface area contributed by atoms with Crippen LogP contribution in [0.3, 0.4) is 0 Å². The molecule has 0 bridgehead atoms. The van der Waals surface area contributed by atoms with Crippen molar-refractivity contribution < 1.29 is 23.7 Å². The van der Waals surface area contributed by atoms with Crippen molar-refractivity contribution in [3.8, 4) is 46.7 Å². The van der Waals surface area contributed by atoms with Crippen LogP contribution >= 0.6 is 0 Å². The first-order valence-electron chi connectivity index (χ1n) is 10.9. The highest BCUT2D eigenvalue weighted by Crippen LogP contribution is 2.35. The third-order valence-electron chi connectivity index (χ3n) is 5.64. The molecule has 2 aromatic rings. The lowest BCUT2D eigenvalue weighted by Crippen LogP contribution is -2.28. The summed E-state index contributed by atoms with van der Waals surface area (Å²) in [5, 5.41) is 0. The fourth-order valence-electron chi connectivity index (χ4n) is 3.62. The van der Waals surface area contributed by atoms with Gasteiger partial charge in [-0.2, -0.15) is 0 Å². The maximum atomic E-state index is 6.53. The lowest BCUT2D eigenvalue weighted by Gasteiger charge is -2.28. The maximum absolute atomic E-state index is 6.53. The summed E-state index contributed by atoms with van der Waals surface area (Å²) in [6, 6.07) is 11.8. The summed E-state index contributed by atoms with van der Waals surface area (Å²) in [6.45, 7) is 7.81. The highest BCUT2D eigenvalue weighted by Gasteiger charge is 2.27. The van der Waals surface area contributed by atoms with Gasteiger partial charge >= 0.3 is 0 Å². The topological polar surface area (TPSA) is 46.2 Å². The molecule has 0 heterocycles. The second kappa shape index (κ2) is 12.7. The van der Waals surface area contributed by atoms with E-state index < -0.39 is 0 Å². The smallest absolute Gasteiger partial charge is 0.160 e. The van der Waals surface area contributed by atoms with Crippen LogP contribution in [0, 0.1) is 23.7 Å². The highest BCUT2D eigenvalue weighted by atomic mass is 16.5. The summed E-state index contributed by atoms with van der Waals surface area (Å²) >= 11 is 0. The van der Waals surface area contributed by atoms with E-state index in [1.165, 1.54) is 0 Å². The van der Waals surface area contributed by atoms with E-state index in [0.29, 0.717) is 23.0 Å². The van der Waals surface area contributed by atoms with E-state index in [9.17, 15) is 0 Å². The van der Waals surface area contributed by atoms with Gasteiger partial charge in [0.15, 0.2) is 23.0 Å². The van der Waals surface area contributed by atoms with Crippen LogP contribution in [-0.2, 0) is 4.74 Å². The molecule has 0 spiro atoms. The van der Waals surface area contributed by atoms with Crippen LogP contribution in [0.2, 0.25) is 0 Å². The van der Waals surface area contributed by atoms with Crippen LogP contribution in [0.5, 0.6) is 23.0 Å². The monoisotopic (exact) mass is 450 g/mol. The Morgan fingerprint density at radius 2 is 0.939 bits per heavy atom. The van der Waals surface area contributed by atoms with Crippen molar-refractivity contribution >= 4 is 0 Å². The molecular weight excluding hydrogens is 416 g/mol. The van der Waals surface area contributed by atoms with Crippen molar-refractivity contribution in [1.82, 2.24) is 0 Å². The van der Waals surface area contributed by atoms with Crippen LogP contribution in [0.4, 0.5) is 0 Å². The SMILES string of the molecule is CC#CC(OC(C#CC)C(C)c1ccc(OC)c(OC)c1)C(C)c1ccc(OC)c(OC)c1. The zero-order chi connectivity index (χ0) is 24.4. The summed E-state index contributed by atoms with van der Waals surface area (Å²) in [6.07, 6.45) is -0.719. The predicted molar refractivity (Wildman–Crippen MR) is 131 cm³/mol. The number of methoxy groups -OCH3 is 4. The Hall–Kier alpha value is -3.28. The average molecular weight is 451 g/mol. The average Bonchev–Trinajstić information content (AvgIpc) is 2.86. The summed E-state index contributed by atoms with van der Waals surface area (Å²) in [7, 11) is 6.51. The van der Waals surface area contributed by atoms with Crippen molar-refractivity contribution in [3.05, 3.63) is 47.5 Å². The van der Waals surface area contributed by atoms with Crippen LogP contribution in [0.1, 0.15) is 50.7 Å². The van der Waals surface area contributed by atoms with Gasteiger partial charge in [0, 0.05) is 11.8 Å². The van der Waals surface area contributed by atoms with E-state index in [0.717, 1.165) is 11.1 Å². The maximum Gasteiger partial charge on any atom is 0.160 e. The van der Waals surface area contributed by atoms with Crippen molar-refractivity contribution in [2.24, 2.45) is 0 Å². The largest absolute Gasteiger partial charge is 0.493 e. The molecule has 4 unspecified atom stereocenters. The molecule has 0 saturated heterocycles. The van der Waals surface area contributed by atoms with Gasteiger partial charge in [0.2, 0.25) is 0 Å². The number of ether oxygens (including phenoxy) is 5. The Morgan fingerprint density at radius 3 is 1.24 bits per heavy atom. The molecule has 0 amide bonds. The first-order chi connectivity index (χ1) is 15.9. The summed E-state index contributed by atoms with van der Waals surface area (Å²) in [5.74, 6) is 15.2.